The van der Waals surface area contributed by atoms with Gasteiger partial charge in [0.05, 0.1) is 11.1 Å². The molecule has 0 aromatic heterocycles. The van der Waals surface area contributed by atoms with Gasteiger partial charge in [0, 0.05) is 32.2 Å². The average molecular weight is 382 g/mol. The molecule has 6 nitrogen and oxygen atoms in total. The molecule has 0 unspecified atom stereocenters. The largest absolute Gasteiger partial charge is 0.356 e. The predicted octanol–water partition coefficient (Wildman–Crippen LogP) is 2.57. The summed E-state index contributed by atoms with van der Waals surface area (Å²) in [6, 6.07) is 13.5. The number of unbranched alkanes of at least 4 members (excludes halogenated alkanes) is 1. The van der Waals surface area contributed by atoms with Crippen LogP contribution in [0.25, 0.3) is 0 Å². The van der Waals surface area contributed by atoms with Gasteiger partial charge in [-0.3, -0.25) is 19.5 Å². The van der Waals surface area contributed by atoms with Crippen molar-refractivity contribution in [2.24, 2.45) is 4.99 Å². The van der Waals surface area contributed by atoms with Gasteiger partial charge in [-0.25, -0.2) is 4.39 Å². The molecule has 2 N–H and O–H groups in total. The van der Waals surface area contributed by atoms with E-state index in [1.165, 1.54) is 11.0 Å². The number of imide groups is 1. The van der Waals surface area contributed by atoms with E-state index in [4.69, 9.17) is 0 Å². The molecule has 0 bridgehead atoms. The fraction of sp³-hybridized carbons (Fsp3) is 0.286. The monoisotopic (exact) mass is 382 g/mol. The summed E-state index contributed by atoms with van der Waals surface area (Å²) >= 11 is 0. The van der Waals surface area contributed by atoms with Crippen LogP contribution in [0, 0.1) is 5.82 Å². The van der Waals surface area contributed by atoms with Crippen molar-refractivity contribution in [1.29, 1.82) is 0 Å². The summed E-state index contributed by atoms with van der Waals surface area (Å²) in [4.78, 5) is 30.0. The van der Waals surface area contributed by atoms with Crippen LogP contribution in [0.5, 0.6) is 0 Å². The molecule has 28 heavy (non-hydrogen) atoms. The molecule has 2 aromatic carbocycles. The van der Waals surface area contributed by atoms with E-state index in [1.807, 2.05) is 0 Å². The molecule has 0 saturated carbocycles. The van der Waals surface area contributed by atoms with Crippen LogP contribution in [-0.2, 0) is 6.54 Å². The number of halogens is 1. The number of benzene rings is 2. The molecule has 2 amide bonds. The molecule has 0 fully saturated rings. The normalized spacial score (nSPS) is 13.6. The zero-order valence-corrected chi connectivity index (χ0v) is 15.7. The maximum absolute atomic E-state index is 13.6. The number of hydrogen-bond acceptors (Lipinski definition) is 3. The molecular weight excluding hydrogens is 359 g/mol. The lowest BCUT2D eigenvalue weighted by Crippen LogP contribution is -2.38. The van der Waals surface area contributed by atoms with Crippen LogP contribution < -0.4 is 10.6 Å². The highest BCUT2D eigenvalue weighted by Crippen LogP contribution is 2.22. The Morgan fingerprint density at radius 2 is 1.61 bits per heavy atom. The zero-order valence-electron chi connectivity index (χ0n) is 15.7. The second kappa shape index (κ2) is 9.12. The maximum Gasteiger partial charge on any atom is 0.261 e. The highest BCUT2D eigenvalue weighted by atomic mass is 19.1. The van der Waals surface area contributed by atoms with Gasteiger partial charge in [-0.05, 0) is 31.0 Å². The minimum absolute atomic E-state index is 0.226. The number of hydrogen-bond donors (Lipinski definition) is 2. The first-order chi connectivity index (χ1) is 13.6. The van der Waals surface area contributed by atoms with Crippen LogP contribution in [0.15, 0.2) is 53.5 Å². The standard InChI is InChI=1S/C21H23FN4O2/c1-23-21(25-14-15-8-2-5-11-18(15)22)24-12-6-7-13-26-19(27)16-9-3-4-10-17(16)20(26)28/h2-5,8-11H,6-7,12-14H2,1H3,(H2,23,24,25). The fourth-order valence-electron chi connectivity index (χ4n) is 3.09. The van der Waals surface area contributed by atoms with E-state index in [2.05, 4.69) is 15.6 Å². The quantitative estimate of drug-likeness (QED) is 0.334. The summed E-state index contributed by atoms with van der Waals surface area (Å²) in [6.45, 7) is 1.34. The van der Waals surface area contributed by atoms with Crippen molar-refractivity contribution in [3.63, 3.8) is 0 Å². The van der Waals surface area contributed by atoms with Crippen LogP contribution >= 0.6 is 0 Å². The van der Waals surface area contributed by atoms with Gasteiger partial charge in [0.2, 0.25) is 0 Å². The van der Waals surface area contributed by atoms with Gasteiger partial charge >= 0.3 is 0 Å². The van der Waals surface area contributed by atoms with Gasteiger partial charge in [-0.2, -0.15) is 0 Å². The van der Waals surface area contributed by atoms with Crippen molar-refractivity contribution in [2.45, 2.75) is 19.4 Å². The first-order valence-electron chi connectivity index (χ1n) is 9.25. The summed E-state index contributed by atoms with van der Waals surface area (Å²) in [5.41, 5.74) is 1.52. The third-order valence-electron chi connectivity index (χ3n) is 4.61. The highest BCUT2D eigenvalue weighted by molar-refractivity contribution is 6.21. The highest BCUT2D eigenvalue weighted by Gasteiger charge is 2.34. The molecule has 2 aromatic rings. The van der Waals surface area contributed by atoms with Gasteiger partial charge in [-0.15, -0.1) is 0 Å². The Morgan fingerprint density at radius 3 is 2.25 bits per heavy atom. The number of rotatable bonds is 7. The molecule has 0 atom stereocenters. The first kappa shape index (κ1) is 19.5. The van der Waals surface area contributed by atoms with E-state index in [-0.39, 0.29) is 17.6 Å². The molecule has 1 aliphatic rings. The molecule has 0 saturated heterocycles. The molecule has 1 aliphatic heterocycles. The minimum Gasteiger partial charge on any atom is -0.356 e. The Labute approximate surface area is 163 Å². The van der Waals surface area contributed by atoms with E-state index in [9.17, 15) is 14.0 Å². The van der Waals surface area contributed by atoms with E-state index in [0.717, 1.165) is 6.42 Å². The number of aliphatic imine (C=N–C) groups is 1. The van der Waals surface area contributed by atoms with Crippen LogP contribution in [0.4, 0.5) is 4.39 Å². The number of nitrogens with zero attached hydrogens (tertiary/aromatic N) is 2. The third kappa shape index (κ3) is 4.36. The molecule has 146 valence electrons. The molecule has 1 heterocycles. The summed E-state index contributed by atoms with van der Waals surface area (Å²) in [5.74, 6) is -0.137. The maximum atomic E-state index is 13.6. The van der Waals surface area contributed by atoms with E-state index >= 15 is 0 Å². The number of nitrogens with one attached hydrogen (secondary N) is 2. The van der Waals surface area contributed by atoms with Crippen molar-refractivity contribution in [3.05, 3.63) is 71.0 Å². The number of guanidine groups is 1. The van der Waals surface area contributed by atoms with E-state index < -0.39 is 0 Å². The Kier molecular flexibility index (Phi) is 6.37. The first-order valence-corrected chi connectivity index (χ1v) is 9.25. The van der Waals surface area contributed by atoms with Crippen molar-refractivity contribution < 1.29 is 14.0 Å². The van der Waals surface area contributed by atoms with Crippen molar-refractivity contribution in [2.75, 3.05) is 20.1 Å². The van der Waals surface area contributed by atoms with Crippen LogP contribution in [0.3, 0.4) is 0 Å². The van der Waals surface area contributed by atoms with Crippen LogP contribution in [0.1, 0.15) is 39.1 Å². The topological polar surface area (TPSA) is 73.8 Å². The number of carbonyl (C=O) groups excluding carboxylic acids is 2. The predicted molar refractivity (Wildman–Crippen MR) is 106 cm³/mol. The van der Waals surface area contributed by atoms with Gasteiger partial charge in [0.25, 0.3) is 11.8 Å². The molecular formula is C21H23FN4O2. The van der Waals surface area contributed by atoms with Crippen molar-refractivity contribution in [3.8, 4) is 0 Å². The minimum atomic E-state index is -0.258. The Bertz CT molecular complexity index is 862. The summed E-state index contributed by atoms with van der Waals surface area (Å²) in [7, 11) is 1.65. The van der Waals surface area contributed by atoms with Gasteiger partial charge in [0.1, 0.15) is 5.82 Å². The second-order valence-electron chi connectivity index (χ2n) is 6.46. The van der Waals surface area contributed by atoms with Gasteiger partial charge in [-0.1, -0.05) is 30.3 Å². The number of fused-ring (bicyclic) bond motifs is 1. The third-order valence-corrected chi connectivity index (χ3v) is 4.61. The lowest BCUT2D eigenvalue weighted by Gasteiger charge is -2.15. The van der Waals surface area contributed by atoms with E-state index in [1.54, 1.807) is 49.5 Å². The number of amides is 2. The van der Waals surface area contributed by atoms with Gasteiger partial charge < -0.3 is 10.6 Å². The number of carbonyl (C=O) groups is 2. The van der Waals surface area contributed by atoms with E-state index in [0.29, 0.717) is 48.7 Å². The SMILES string of the molecule is CN=C(NCCCCN1C(=O)c2ccccc2C1=O)NCc1ccccc1F. The van der Waals surface area contributed by atoms with Crippen molar-refractivity contribution >= 4 is 17.8 Å². The molecule has 0 radical (unpaired) electrons. The summed E-state index contributed by atoms with van der Waals surface area (Å²) in [6.07, 6.45) is 1.44. The summed E-state index contributed by atoms with van der Waals surface area (Å²) < 4.78 is 13.6. The molecule has 7 heteroatoms. The lowest BCUT2D eigenvalue weighted by atomic mass is 10.1. The Morgan fingerprint density at radius 1 is 0.964 bits per heavy atom. The zero-order chi connectivity index (χ0) is 19.9. The van der Waals surface area contributed by atoms with Crippen LogP contribution in [-0.4, -0.2) is 42.8 Å². The van der Waals surface area contributed by atoms with Crippen LogP contribution in [0.2, 0.25) is 0 Å². The molecule has 3 rings (SSSR count). The smallest absolute Gasteiger partial charge is 0.261 e. The second-order valence-corrected chi connectivity index (χ2v) is 6.46. The summed E-state index contributed by atoms with van der Waals surface area (Å²) in [5, 5.41) is 6.22. The van der Waals surface area contributed by atoms with Crippen molar-refractivity contribution in [1.82, 2.24) is 15.5 Å². The lowest BCUT2D eigenvalue weighted by molar-refractivity contribution is 0.0652. The van der Waals surface area contributed by atoms with Gasteiger partial charge in [0.15, 0.2) is 5.96 Å². The Hall–Kier alpha value is -3.22. The fourth-order valence-corrected chi connectivity index (χ4v) is 3.09. The average Bonchev–Trinajstić information content (AvgIpc) is 2.96. The molecule has 0 aliphatic carbocycles. The Balaban J connectivity index is 1.39. The molecule has 0 spiro atoms.